The van der Waals surface area contributed by atoms with E-state index < -0.39 is 5.97 Å². The van der Waals surface area contributed by atoms with E-state index in [2.05, 4.69) is 15.4 Å². The van der Waals surface area contributed by atoms with Gasteiger partial charge in [-0.1, -0.05) is 0 Å². The first-order valence-electron chi connectivity index (χ1n) is 5.50. The molecule has 18 heavy (non-hydrogen) atoms. The molecular formula is C12H17N3O3. The van der Waals surface area contributed by atoms with Crippen LogP contribution in [0.1, 0.15) is 17.3 Å². The van der Waals surface area contributed by atoms with Crippen LogP contribution in [-0.4, -0.2) is 32.1 Å². The molecule has 0 spiro atoms. The number of nitrogens with one attached hydrogen (secondary N) is 2. The first kappa shape index (κ1) is 13.8. The number of anilines is 2. The first-order valence-corrected chi connectivity index (χ1v) is 5.50. The molecule has 0 aliphatic carbocycles. The summed E-state index contributed by atoms with van der Waals surface area (Å²) in [5.74, 6) is -0.506. The normalized spacial score (nSPS) is 9.67. The summed E-state index contributed by atoms with van der Waals surface area (Å²) in [6, 6.07) is 4.85. The van der Waals surface area contributed by atoms with Crippen molar-refractivity contribution in [2.45, 2.75) is 6.92 Å². The largest absolute Gasteiger partial charge is 0.465 e. The topological polar surface area (TPSA) is 93.4 Å². The maximum atomic E-state index is 11.3. The number of benzene rings is 1. The van der Waals surface area contributed by atoms with Gasteiger partial charge in [0, 0.05) is 20.0 Å². The van der Waals surface area contributed by atoms with E-state index in [4.69, 9.17) is 5.73 Å². The summed E-state index contributed by atoms with van der Waals surface area (Å²) in [5, 5.41) is 5.69. The lowest BCUT2D eigenvalue weighted by Gasteiger charge is -2.10. The zero-order valence-corrected chi connectivity index (χ0v) is 10.4. The summed E-state index contributed by atoms with van der Waals surface area (Å²) < 4.78 is 4.62. The molecule has 0 saturated heterocycles. The summed E-state index contributed by atoms with van der Waals surface area (Å²) in [4.78, 5) is 22.0. The van der Waals surface area contributed by atoms with Gasteiger partial charge in [-0.3, -0.25) is 4.79 Å². The number of ether oxygens (including phenoxy) is 1. The Kier molecular flexibility index (Phi) is 4.98. The van der Waals surface area contributed by atoms with Crippen LogP contribution < -0.4 is 16.4 Å². The van der Waals surface area contributed by atoms with E-state index in [0.717, 1.165) is 0 Å². The molecule has 6 nitrogen and oxygen atoms in total. The molecule has 98 valence electrons. The van der Waals surface area contributed by atoms with Crippen LogP contribution in [0.3, 0.4) is 0 Å². The number of carbonyl (C=O) groups is 2. The molecular weight excluding hydrogens is 234 g/mol. The molecule has 0 aromatic heterocycles. The fourth-order valence-electron chi connectivity index (χ4n) is 1.39. The molecule has 4 N–H and O–H groups in total. The third kappa shape index (κ3) is 3.97. The summed E-state index contributed by atoms with van der Waals surface area (Å²) in [6.07, 6.45) is 0. The van der Waals surface area contributed by atoms with Crippen molar-refractivity contribution in [2.24, 2.45) is 0 Å². The number of nitrogen functional groups attached to an aromatic ring is 1. The molecule has 6 heteroatoms. The van der Waals surface area contributed by atoms with Crippen LogP contribution in [0.15, 0.2) is 18.2 Å². The Bertz CT molecular complexity index is 446. The van der Waals surface area contributed by atoms with Crippen LogP contribution in [0.5, 0.6) is 0 Å². The van der Waals surface area contributed by atoms with Crippen LogP contribution in [-0.2, 0) is 9.53 Å². The molecule has 0 heterocycles. The number of nitrogens with two attached hydrogens (primary N) is 1. The van der Waals surface area contributed by atoms with Gasteiger partial charge in [0.05, 0.1) is 24.0 Å². The van der Waals surface area contributed by atoms with Gasteiger partial charge in [0.1, 0.15) is 0 Å². The van der Waals surface area contributed by atoms with Gasteiger partial charge < -0.3 is 21.1 Å². The number of hydrogen-bond acceptors (Lipinski definition) is 5. The second kappa shape index (κ2) is 6.48. The van der Waals surface area contributed by atoms with E-state index >= 15 is 0 Å². The Hall–Kier alpha value is -2.24. The van der Waals surface area contributed by atoms with E-state index in [0.29, 0.717) is 30.0 Å². The summed E-state index contributed by atoms with van der Waals surface area (Å²) in [7, 11) is 1.32. The highest BCUT2D eigenvalue weighted by Gasteiger charge is 2.07. The lowest BCUT2D eigenvalue weighted by Crippen LogP contribution is -2.26. The molecule has 0 saturated carbocycles. The van der Waals surface area contributed by atoms with Crippen LogP contribution in [0.4, 0.5) is 11.4 Å². The Labute approximate surface area is 105 Å². The standard InChI is InChI=1S/C12H17N3O3/c1-8(16)14-5-6-15-11-7-9(12(17)18-2)3-4-10(11)13/h3-4,7,15H,5-6,13H2,1-2H3,(H,14,16). The van der Waals surface area contributed by atoms with Crippen LogP contribution in [0.2, 0.25) is 0 Å². The molecule has 1 amide bonds. The molecule has 1 aromatic rings. The lowest BCUT2D eigenvalue weighted by molar-refractivity contribution is -0.118. The lowest BCUT2D eigenvalue weighted by atomic mass is 10.1. The van der Waals surface area contributed by atoms with Crippen LogP contribution in [0.25, 0.3) is 0 Å². The van der Waals surface area contributed by atoms with E-state index in [-0.39, 0.29) is 5.91 Å². The molecule has 0 aliphatic heterocycles. The Morgan fingerprint density at radius 2 is 2.06 bits per heavy atom. The predicted molar refractivity (Wildman–Crippen MR) is 69.4 cm³/mol. The molecule has 0 bridgehead atoms. The number of amides is 1. The highest BCUT2D eigenvalue weighted by Crippen LogP contribution is 2.20. The number of methoxy groups -OCH3 is 1. The zero-order chi connectivity index (χ0) is 13.5. The predicted octanol–water partition coefficient (Wildman–Crippen LogP) is 0.603. The van der Waals surface area contributed by atoms with E-state index in [1.807, 2.05) is 0 Å². The van der Waals surface area contributed by atoms with Gasteiger partial charge in [0.15, 0.2) is 0 Å². The monoisotopic (exact) mass is 251 g/mol. The molecule has 0 radical (unpaired) electrons. The van der Waals surface area contributed by atoms with Crippen molar-refractivity contribution in [3.8, 4) is 0 Å². The molecule has 0 unspecified atom stereocenters. The van der Waals surface area contributed by atoms with Crippen molar-refractivity contribution in [1.29, 1.82) is 0 Å². The van der Waals surface area contributed by atoms with Gasteiger partial charge in [-0.25, -0.2) is 4.79 Å². The molecule has 1 aromatic carbocycles. The van der Waals surface area contributed by atoms with Crippen molar-refractivity contribution in [3.05, 3.63) is 23.8 Å². The Morgan fingerprint density at radius 3 is 2.67 bits per heavy atom. The number of carbonyl (C=O) groups excluding carboxylic acids is 2. The maximum absolute atomic E-state index is 11.3. The number of hydrogen-bond donors (Lipinski definition) is 3. The minimum atomic E-state index is -0.417. The van der Waals surface area contributed by atoms with E-state index in [1.54, 1.807) is 18.2 Å². The fraction of sp³-hybridized carbons (Fsp3) is 0.333. The molecule has 0 fully saturated rings. The van der Waals surface area contributed by atoms with Gasteiger partial charge in [0.2, 0.25) is 5.91 Å². The van der Waals surface area contributed by atoms with Gasteiger partial charge >= 0.3 is 5.97 Å². The summed E-state index contributed by atoms with van der Waals surface area (Å²) in [6.45, 7) is 2.46. The fourth-order valence-corrected chi connectivity index (χ4v) is 1.39. The van der Waals surface area contributed by atoms with Gasteiger partial charge in [-0.2, -0.15) is 0 Å². The van der Waals surface area contributed by atoms with Gasteiger partial charge in [-0.15, -0.1) is 0 Å². The molecule has 1 rings (SSSR count). The van der Waals surface area contributed by atoms with Crippen molar-refractivity contribution >= 4 is 23.3 Å². The average Bonchev–Trinajstić information content (AvgIpc) is 2.35. The maximum Gasteiger partial charge on any atom is 0.337 e. The average molecular weight is 251 g/mol. The number of rotatable bonds is 5. The summed E-state index contributed by atoms with van der Waals surface area (Å²) in [5.41, 5.74) is 7.37. The molecule has 0 atom stereocenters. The molecule has 0 aliphatic rings. The zero-order valence-electron chi connectivity index (χ0n) is 10.4. The third-order valence-electron chi connectivity index (χ3n) is 2.29. The van der Waals surface area contributed by atoms with Crippen molar-refractivity contribution < 1.29 is 14.3 Å². The Morgan fingerprint density at radius 1 is 1.33 bits per heavy atom. The Balaban J connectivity index is 2.64. The van der Waals surface area contributed by atoms with Crippen LogP contribution in [0, 0.1) is 0 Å². The van der Waals surface area contributed by atoms with Crippen molar-refractivity contribution in [3.63, 3.8) is 0 Å². The third-order valence-corrected chi connectivity index (χ3v) is 2.29. The number of esters is 1. The van der Waals surface area contributed by atoms with E-state index in [1.165, 1.54) is 14.0 Å². The quantitative estimate of drug-likeness (QED) is 0.405. The van der Waals surface area contributed by atoms with Crippen LogP contribution >= 0.6 is 0 Å². The second-order valence-corrected chi connectivity index (χ2v) is 3.70. The first-order chi connectivity index (χ1) is 8.54. The smallest absolute Gasteiger partial charge is 0.337 e. The van der Waals surface area contributed by atoms with Gasteiger partial charge in [-0.05, 0) is 18.2 Å². The van der Waals surface area contributed by atoms with Crippen molar-refractivity contribution in [1.82, 2.24) is 5.32 Å². The summed E-state index contributed by atoms with van der Waals surface area (Å²) >= 11 is 0. The minimum Gasteiger partial charge on any atom is -0.465 e. The van der Waals surface area contributed by atoms with Crippen molar-refractivity contribution in [2.75, 3.05) is 31.2 Å². The second-order valence-electron chi connectivity index (χ2n) is 3.70. The minimum absolute atomic E-state index is 0.0897. The highest BCUT2D eigenvalue weighted by atomic mass is 16.5. The van der Waals surface area contributed by atoms with E-state index in [9.17, 15) is 9.59 Å². The SMILES string of the molecule is COC(=O)c1ccc(N)c(NCCNC(C)=O)c1. The van der Waals surface area contributed by atoms with Gasteiger partial charge in [0.25, 0.3) is 0 Å². The highest BCUT2D eigenvalue weighted by molar-refractivity contribution is 5.91.